The number of H-pyrrole nitrogens is 1. The molecule has 0 atom stereocenters. The first kappa shape index (κ1) is 26.5. The molecule has 1 N–H and O–H groups in total. The van der Waals surface area contributed by atoms with Crippen LogP contribution in [0.15, 0.2) is 82.6 Å². The Hall–Kier alpha value is -3.13. The monoisotopic (exact) mass is 549 g/mol. The van der Waals surface area contributed by atoms with Gasteiger partial charge in [-0.2, -0.15) is 0 Å². The lowest BCUT2D eigenvalue weighted by molar-refractivity contribution is 0.0620. The normalized spacial score (nSPS) is 15.2. The summed E-state index contributed by atoms with van der Waals surface area (Å²) >= 11 is 5.99. The van der Waals surface area contributed by atoms with E-state index < -0.39 is 9.84 Å². The molecule has 0 unspecified atom stereocenters. The van der Waals surface area contributed by atoms with Crippen LogP contribution in [0.5, 0.6) is 0 Å². The van der Waals surface area contributed by atoms with Gasteiger partial charge in [-0.05, 0) is 46.9 Å². The van der Waals surface area contributed by atoms with E-state index in [2.05, 4.69) is 54.9 Å². The Labute approximate surface area is 229 Å². The Morgan fingerprint density at radius 2 is 1.53 bits per heavy atom. The van der Waals surface area contributed by atoms with Crippen molar-refractivity contribution in [3.05, 3.63) is 94.6 Å². The maximum Gasteiger partial charge on any atom is 0.271 e. The van der Waals surface area contributed by atoms with Gasteiger partial charge in [0.25, 0.3) is 5.91 Å². The molecule has 1 fully saturated rings. The number of rotatable bonds is 5. The highest BCUT2D eigenvalue weighted by atomic mass is 35.5. The molecule has 1 amide bonds. The number of aromatic nitrogens is 1. The minimum absolute atomic E-state index is 0.0155. The zero-order valence-corrected chi connectivity index (χ0v) is 23.4. The van der Waals surface area contributed by atoms with Crippen molar-refractivity contribution in [1.82, 2.24) is 14.8 Å². The molecule has 6 nitrogen and oxygen atoms in total. The van der Waals surface area contributed by atoms with Gasteiger partial charge in [-0.1, -0.05) is 74.8 Å². The first-order valence-electron chi connectivity index (χ1n) is 12.8. The number of nitrogens with zero attached hydrogens (tertiary/aromatic N) is 2. The van der Waals surface area contributed by atoms with Gasteiger partial charge in [-0.3, -0.25) is 9.69 Å². The molecule has 3 aromatic carbocycles. The highest BCUT2D eigenvalue weighted by Gasteiger charge is 2.32. The molecule has 0 aliphatic carbocycles. The summed E-state index contributed by atoms with van der Waals surface area (Å²) in [6.45, 7) is 9.91. The number of aromatic amines is 1. The van der Waals surface area contributed by atoms with E-state index in [9.17, 15) is 13.2 Å². The van der Waals surface area contributed by atoms with Crippen LogP contribution in [0.2, 0.25) is 5.02 Å². The quantitative estimate of drug-likeness (QED) is 0.336. The Bertz CT molecular complexity index is 1560. The lowest BCUT2D eigenvalue weighted by atomic mass is 9.87. The van der Waals surface area contributed by atoms with Gasteiger partial charge in [0.05, 0.1) is 4.90 Å². The Balaban J connectivity index is 1.36. The summed E-state index contributed by atoms with van der Waals surface area (Å²) < 4.78 is 27.5. The number of carbonyl (C=O) groups excluding carboxylic acids is 1. The lowest BCUT2D eigenvalue weighted by Gasteiger charge is -2.34. The first-order valence-corrected chi connectivity index (χ1v) is 14.6. The van der Waals surface area contributed by atoms with Gasteiger partial charge in [-0.25, -0.2) is 8.42 Å². The molecule has 1 aromatic heterocycles. The molecule has 0 saturated carbocycles. The summed E-state index contributed by atoms with van der Waals surface area (Å²) in [5.74, 6) is -0.303. The molecule has 0 bridgehead atoms. The van der Waals surface area contributed by atoms with Crippen LogP contribution in [0, 0.1) is 0 Å². The summed E-state index contributed by atoms with van der Waals surface area (Å²) in [6, 6.07) is 21.9. The van der Waals surface area contributed by atoms with Crippen LogP contribution in [0.3, 0.4) is 0 Å². The second-order valence-corrected chi connectivity index (χ2v) is 13.2. The topological polar surface area (TPSA) is 73.5 Å². The Kier molecular flexibility index (Phi) is 7.11. The summed E-state index contributed by atoms with van der Waals surface area (Å²) in [4.78, 5) is 21.0. The summed E-state index contributed by atoms with van der Waals surface area (Å²) in [6.07, 6.45) is 0. The number of para-hydroxylation sites is 1. The molecule has 1 aliphatic rings. The van der Waals surface area contributed by atoms with E-state index in [1.54, 1.807) is 35.2 Å². The second-order valence-electron chi connectivity index (χ2n) is 10.8. The van der Waals surface area contributed by atoms with Gasteiger partial charge in [0.2, 0.25) is 9.84 Å². The first-order chi connectivity index (χ1) is 18.0. The highest BCUT2D eigenvalue weighted by Crippen LogP contribution is 2.33. The summed E-state index contributed by atoms with van der Waals surface area (Å²) in [5.41, 5.74) is 3.38. The van der Waals surface area contributed by atoms with E-state index in [1.807, 2.05) is 6.07 Å². The highest BCUT2D eigenvalue weighted by molar-refractivity contribution is 7.91. The van der Waals surface area contributed by atoms with Crippen molar-refractivity contribution >= 4 is 38.2 Å². The Morgan fingerprint density at radius 1 is 0.895 bits per heavy atom. The largest absolute Gasteiger partial charge is 0.349 e. The third-order valence-electron chi connectivity index (χ3n) is 7.15. The van der Waals surface area contributed by atoms with Crippen LogP contribution in [0.1, 0.15) is 42.4 Å². The molecule has 4 aromatic rings. The summed E-state index contributed by atoms with van der Waals surface area (Å²) in [7, 11) is -3.97. The van der Waals surface area contributed by atoms with Crippen molar-refractivity contribution in [2.45, 2.75) is 42.5 Å². The summed E-state index contributed by atoms with van der Waals surface area (Å²) in [5, 5.41) is 0.949. The minimum Gasteiger partial charge on any atom is -0.349 e. The van der Waals surface area contributed by atoms with Gasteiger partial charge in [-0.15, -0.1) is 0 Å². The van der Waals surface area contributed by atoms with Gasteiger partial charge >= 0.3 is 0 Å². The van der Waals surface area contributed by atoms with E-state index >= 15 is 0 Å². The van der Waals surface area contributed by atoms with Crippen molar-refractivity contribution in [2.75, 3.05) is 26.2 Å². The molecule has 8 heteroatoms. The molecule has 1 saturated heterocycles. The number of fused-ring (bicyclic) bond motifs is 1. The number of piperazine rings is 1. The van der Waals surface area contributed by atoms with Crippen molar-refractivity contribution in [3.63, 3.8) is 0 Å². The zero-order chi connectivity index (χ0) is 27.1. The Morgan fingerprint density at radius 3 is 2.16 bits per heavy atom. The SMILES string of the molecule is CC(C)(C)c1ccc(CN2CCN(C(=O)c3[nH]c4ccccc4c3S(=O)(=O)c3ccc(Cl)cc3)CC2)cc1. The van der Waals surface area contributed by atoms with Crippen LogP contribution >= 0.6 is 11.6 Å². The average Bonchev–Trinajstić information content (AvgIpc) is 3.29. The predicted molar refractivity (Wildman–Crippen MR) is 152 cm³/mol. The molecule has 2 heterocycles. The maximum absolute atomic E-state index is 13.7. The number of nitrogens with one attached hydrogen (secondary N) is 1. The van der Waals surface area contributed by atoms with Gasteiger partial charge < -0.3 is 9.88 Å². The van der Waals surface area contributed by atoms with E-state index in [4.69, 9.17) is 11.6 Å². The van der Waals surface area contributed by atoms with E-state index in [1.165, 1.54) is 23.3 Å². The van der Waals surface area contributed by atoms with Crippen molar-refractivity contribution in [3.8, 4) is 0 Å². The van der Waals surface area contributed by atoms with Crippen LogP contribution in [0.25, 0.3) is 10.9 Å². The fourth-order valence-electron chi connectivity index (χ4n) is 4.91. The minimum atomic E-state index is -3.97. The maximum atomic E-state index is 13.7. The second kappa shape index (κ2) is 10.2. The molecule has 5 rings (SSSR count). The van der Waals surface area contributed by atoms with Crippen LogP contribution in [0.4, 0.5) is 0 Å². The number of halogens is 1. The van der Waals surface area contributed by atoms with Crippen LogP contribution in [-0.4, -0.2) is 55.3 Å². The lowest BCUT2D eigenvalue weighted by Crippen LogP contribution is -2.48. The third-order valence-corrected chi connectivity index (χ3v) is 9.26. The molecule has 0 spiro atoms. The number of amides is 1. The predicted octanol–water partition coefficient (Wildman–Crippen LogP) is 5.91. The number of sulfone groups is 1. The fourth-order valence-corrected chi connectivity index (χ4v) is 6.64. The standard InChI is InChI=1S/C30H32ClN3O3S/c1-30(2,3)22-10-8-21(9-11-22)20-33-16-18-34(19-17-33)29(35)27-28(25-6-4-5-7-26(25)32-27)38(36,37)24-14-12-23(31)13-15-24/h4-15,32H,16-20H2,1-3H3. The van der Waals surface area contributed by atoms with Crippen molar-refractivity contribution in [1.29, 1.82) is 0 Å². The molecule has 38 heavy (non-hydrogen) atoms. The van der Waals surface area contributed by atoms with Gasteiger partial charge in [0.15, 0.2) is 0 Å². The fraction of sp³-hybridized carbons (Fsp3) is 0.300. The average molecular weight is 550 g/mol. The molecule has 1 aliphatic heterocycles. The molecule has 198 valence electrons. The van der Waals surface area contributed by atoms with Gasteiger partial charge in [0, 0.05) is 48.6 Å². The van der Waals surface area contributed by atoms with Crippen LogP contribution in [-0.2, 0) is 21.8 Å². The number of hydrogen-bond donors (Lipinski definition) is 1. The van der Waals surface area contributed by atoms with E-state index in [0.29, 0.717) is 42.1 Å². The number of benzene rings is 3. The zero-order valence-electron chi connectivity index (χ0n) is 21.9. The van der Waals surface area contributed by atoms with Crippen molar-refractivity contribution in [2.24, 2.45) is 0 Å². The van der Waals surface area contributed by atoms with E-state index in [0.717, 1.165) is 6.54 Å². The number of hydrogen-bond acceptors (Lipinski definition) is 4. The molecular formula is C30H32ClN3O3S. The smallest absolute Gasteiger partial charge is 0.271 e. The van der Waals surface area contributed by atoms with Gasteiger partial charge in [0.1, 0.15) is 10.6 Å². The molecule has 0 radical (unpaired) electrons. The van der Waals surface area contributed by atoms with Crippen molar-refractivity contribution < 1.29 is 13.2 Å². The molecular weight excluding hydrogens is 518 g/mol. The van der Waals surface area contributed by atoms with E-state index in [-0.39, 0.29) is 26.8 Å². The third kappa shape index (κ3) is 5.23. The number of carbonyl (C=O) groups is 1. The van der Waals surface area contributed by atoms with Crippen LogP contribution < -0.4 is 0 Å².